The Labute approximate surface area is 100 Å². The molecule has 0 fully saturated rings. The third kappa shape index (κ3) is 3.63. The molecule has 3 heteroatoms. The summed E-state index contributed by atoms with van der Waals surface area (Å²) in [5.41, 5.74) is 0.634. The van der Waals surface area contributed by atoms with Crippen LogP contribution in [0.25, 0.3) is 6.08 Å². The van der Waals surface area contributed by atoms with Gasteiger partial charge in [0.2, 0.25) is 0 Å². The van der Waals surface area contributed by atoms with Gasteiger partial charge < -0.3 is 0 Å². The number of benzene rings is 1. The van der Waals surface area contributed by atoms with Crippen LogP contribution in [0.4, 0.5) is 4.39 Å². The molecule has 0 amide bonds. The zero-order chi connectivity index (χ0) is 13.0. The lowest BCUT2D eigenvalue weighted by Gasteiger charge is -2.06. The summed E-state index contributed by atoms with van der Waals surface area (Å²) in [5, 5.41) is 0. The average Bonchev–Trinajstić information content (AvgIpc) is 2.24. The number of carbonyl (C=O) groups is 2. The second-order valence-electron chi connectivity index (χ2n) is 4.19. The number of ketones is 2. The SMILES string of the molecule is CC(=O)C(=Cc1cccc(F)c1)C(=O)C(C)C. The van der Waals surface area contributed by atoms with E-state index in [9.17, 15) is 14.0 Å². The number of allylic oxidation sites excluding steroid dienone is 1. The van der Waals surface area contributed by atoms with Crippen molar-refractivity contribution < 1.29 is 14.0 Å². The van der Waals surface area contributed by atoms with Gasteiger partial charge in [0.25, 0.3) is 0 Å². The summed E-state index contributed by atoms with van der Waals surface area (Å²) in [7, 11) is 0. The van der Waals surface area contributed by atoms with Gasteiger partial charge in [0, 0.05) is 5.92 Å². The van der Waals surface area contributed by atoms with Gasteiger partial charge in [-0.3, -0.25) is 9.59 Å². The molecule has 1 rings (SSSR count). The van der Waals surface area contributed by atoms with Gasteiger partial charge >= 0.3 is 0 Å². The molecule has 90 valence electrons. The summed E-state index contributed by atoms with van der Waals surface area (Å²) in [6, 6.07) is 5.80. The van der Waals surface area contributed by atoms with Crippen molar-refractivity contribution >= 4 is 17.6 Å². The Morgan fingerprint density at radius 2 is 1.94 bits per heavy atom. The van der Waals surface area contributed by atoms with Gasteiger partial charge in [-0.25, -0.2) is 4.39 Å². The standard InChI is InChI=1S/C14H15FO2/c1-9(2)14(17)13(10(3)16)8-11-5-4-6-12(15)7-11/h4-9H,1-3H3. The molecule has 1 aromatic rings. The van der Waals surface area contributed by atoms with Crippen LogP contribution in [-0.2, 0) is 9.59 Å². The molecule has 0 heterocycles. The van der Waals surface area contributed by atoms with E-state index < -0.39 is 5.82 Å². The van der Waals surface area contributed by atoms with E-state index in [-0.39, 0.29) is 23.1 Å². The molecule has 1 aromatic carbocycles. The van der Waals surface area contributed by atoms with E-state index in [1.807, 2.05) is 0 Å². The zero-order valence-corrected chi connectivity index (χ0v) is 10.2. The number of hydrogen-bond acceptors (Lipinski definition) is 2. The topological polar surface area (TPSA) is 34.1 Å². The van der Waals surface area contributed by atoms with Crippen LogP contribution in [-0.4, -0.2) is 11.6 Å². The van der Waals surface area contributed by atoms with Crippen molar-refractivity contribution in [2.45, 2.75) is 20.8 Å². The number of halogens is 1. The smallest absolute Gasteiger partial charge is 0.168 e. The van der Waals surface area contributed by atoms with Crippen LogP contribution in [0.3, 0.4) is 0 Å². The van der Waals surface area contributed by atoms with Gasteiger partial charge in [-0.1, -0.05) is 26.0 Å². The van der Waals surface area contributed by atoms with E-state index >= 15 is 0 Å². The van der Waals surface area contributed by atoms with Crippen LogP contribution in [0, 0.1) is 11.7 Å². The number of hydrogen-bond donors (Lipinski definition) is 0. The molecule has 0 aliphatic rings. The van der Waals surface area contributed by atoms with Gasteiger partial charge in [-0.2, -0.15) is 0 Å². The van der Waals surface area contributed by atoms with Crippen LogP contribution in [0.15, 0.2) is 29.8 Å². The largest absolute Gasteiger partial charge is 0.294 e. The first kappa shape index (κ1) is 13.3. The summed E-state index contributed by atoms with van der Waals surface area (Å²) in [6.45, 7) is 4.79. The molecule has 0 aliphatic heterocycles. The first-order valence-electron chi connectivity index (χ1n) is 5.44. The molecule has 0 aromatic heterocycles. The summed E-state index contributed by atoms with van der Waals surface area (Å²) in [5.74, 6) is -1.16. The van der Waals surface area contributed by atoms with Crippen LogP contribution in [0.2, 0.25) is 0 Å². The number of carbonyl (C=O) groups excluding carboxylic acids is 2. The van der Waals surface area contributed by atoms with Crippen molar-refractivity contribution in [3.05, 3.63) is 41.2 Å². The Bertz CT molecular complexity index is 473. The van der Waals surface area contributed by atoms with Gasteiger partial charge in [0.1, 0.15) is 5.82 Å². The molecule has 0 saturated carbocycles. The Hall–Kier alpha value is -1.77. The summed E-state index contributed by atoms with van der Waals surface area (Å²) in [4.78, 5) is 23.2. The highest BCUT2D eigenvalue weighted by molar-refractivity contribution is 6.23. The van der Waals surface area contributed by atoms with Crippen molar-refractivity contribution in [3.63, 3.8) is 0 Å². The van der Waals surface area contributed by atoms with E-state index in [1.54, 1.807) is 26.0 Å². The Balaban J connectivity index is 3.15. The molecule has 0 N–H and O–H groups in total. The summed E-state index contributed by atoms with van der Waals surface area (Å²) in [6.07, 6.45) is 1.44. The molecular weight excluding hydrogens is 219 g/mol. The highest BCUT2D eigenvalue weighted by Crippen LogP contribution is 2.13. The van der Waals surface area contributed by atoms with E-state index in [2.05, 4.69) is 0 Å². The van der Waals surface area contributed by atoms with Crippen LogP contribution < -0.4 is 0 Å². The van der Waals surface area contributed by atoms with Crippen molar-refractivity contribution in [1.82, 2.24) is 0 Å². The molecule has 0 aliphatic carbocycles. The summed E-state index contributed by atoms with van der Waals surface area (Å²) >= 11 is 0. The molecule has 0 atom stereocenters. The van der Waals surface area contributed by atoms with E-state index in [1.165, 1.54) is 25.1 Å². The highest BCUT2D eigenvalue weighted by atomic mass is 19.1. The van der Waals surface area contributed by atoms with Gasteiger partial charge in [-0.15, -0.1) is 0 Å². The third-order valence-electron chi connectivity index (χ3n) is 2.33. The minimum Gasteiger partial charge on any atom is -0.294 e. The molecule has 0 unspecified atom stereocenters. The van der Waals surface area contributed by atoms with E-state index in [0.29, 0.717) is 5.56 Å². The third-order valence-corrected chi connectivity index (χ3v) is 2.33. The molecule has 0 bridgehead atoms. The van der Waals surface area contributed by atoms with Crippen molar-refractivity contribution in [3.8, 4) is 0 Å². The number of Topliss-reactive ketones (excluding diaryl/α,β-unsaturated/α-hetero) is 2. The Morgan fingerprint density at radius 1 is 1.29 bits per heavy atom. The maximum Gasteiger partial charge on any atom is 0.168 e. The quantitative estimate of drug-likeness (QED) is 0.456. The lowest BCUT2D eigenvalue weighted by atomic mass is 9.96. The second-order valence-corrected chi connectivity index (χ2v) is 4.19. The van der Waals surface area contributed by atoms with Crippen molar-refractivity contribution in [1.29, 1.82) is 0 Å². The predicted octanol–water partition coefficient (Wildman–Crippen LogP) is 3.02. The fraction of sp³-hybridized carbons (Fsp3) is 0.286. The first-order valence-corrected chi connectivity index (χ1v) is 5.44. The molecule has 0 saturated heterocycles. The van der Waals surface area contributed by atoms with E-state index in [0.717, 1.165) is 0 Å². The zero-order valence-electron chi connectivity index (χ0n) is 10.2. The molecule has 0 spiro atoms. The second kappa shape index (κ2) is 5.53. The maximum atomic E-state index is 13.0. The first-order chi connectivity index (χ1) is 7.91. The Morgan fingerprint density at radius 3 is 2.41 bits per heavy atom. The van der Waals surface area contributed by atoms with Crippen LogP contribution >= 0.6 is 0 Å². The molecule has 2 nitrogen and oxygen atoms in total. The maximum absolute atomic E-state index is 13.0. The molecule has 17 heavy (non-hydrogen) atoms. The van der Waals surface area contributed by atoms with Crippen molar-refractivity contribution in [2.75, 3.05) is 0 Å². The molecular formula is C14H15FO2. The van der Waals surface area contributed by atoms with Crippen LogP contribution in [0.5, 0.6) is 0 Å². The average molecular weight is 234 g/mol. The van der Waals surface area contributed by atoms with Crippen LogP contribution in [0.1, 0.15) is 26.3 Å². The fourth-order valence-electron chi connectivity index (χ4n) is 1.42. The highest BCUT2D eigenvalue weighted by Gasteiger charge is 2.17. The molecule has 0 radical (unpaired) electrons. The lowest BCUT2D eigenvalue weighted by molar-refractivity contribution is -0.122. The van der Waals surface area contributed by atoms with Gasteiger partial charge in [0.15, 0.2) is 11.6 Å². The monoisotopic (exact) mass is 234 g/mol. The fourth-order valence-corrected chi connectivity index (χ4v) is 1.42. The normalized spacial score (nSPS) is 11.7. The Kier molecular flexibility index (Phi) is 4.32. The van der Waals surface area contributed by atoms with Crippen molar-refractivity contribution in [2.24, 2.45) is 5.92 Å². The number of rotatable bonds is 4. The van der Waals surface area contributed by atoms with E-state index in [4.69, 9.17) is 0 Å². The predicted molar refractivity (Wildman–Crippen MR) is 64.9 cm³/mol. The minimum atomic E-state index is -0.390. The minimum absolute atomic E-state index is 0.116. The van der Waals surface area contributed by atoms with Gasteiger partial charge in [-0.05, 0) is 30.7 Å². The summed E-state index contributed by atoms with van der Waals surface area (Å²) < 4.78 is 13.0. The van der Waals surface area contributed by atoms with Gasteiger partial charge in [0.05, 0.1) is 5.57 Å². The lowest BCUT2D eigenvalue weighted by Crippen LogP contribution is -2.15.